The largest absolute Gasteiger partial charge is 0.345 e. The van der Waals surface area contributed by atoms with Crippen molar-refractivity contribution in [3.8, 4) is 0 Å². The summed E-state index contributed by atoms with van der Waals surface area (Å²) < 4.78 is 12.8. The highest BCUT2D eigenvalue weighted by Gasteiger charge is 2.11. The summed E-state index contributed by atoms with van der Waals surface area (Å²) >= 11 is 0. The first-order chi connectivity index (χ1) is 6.02. The Morgan fingerprint density at radius 3 is 2.54 bits per heavy atom. The first kappa shape index (κ1) is 9.71. The zero-order chi connectivity index (χ0) is 10.0. The number of benzene rings is 1. The second-order valence-electron chi connectivity index (χ2n) is 3.16. The number of aryl methyl sites for hydroxylation is 1. The van der Waals surface area contributed by atoms with Crippen molar-refractivity contribution in [1.29, 1.82) is 0 Å². The van der Waals surface area contributed by atoms with Crippen molar-refractivity contribution >= 4 is 5.91 Å². The lowest BCUT2D eigenvalue weighted by molar-refractivity contribution is 0.0826. The van der Waals surface area contributed by atoms with Crippen molar-refractivity contribution in [3.05, 3.63) is 35.1 Å². The predicted molar refractivity (Wildman–Crippen MR) is 49.2 cm³/mol. The van der Waals surface area contributed by atoms with Gasteiger partial charge in [0, 0.05) is 19.7 Å². The lowest BCUT2D eigenvalue weighted by Crippen LogP contribution is -2.22. The van der Waals surface area contributed by atoms with Crippen LogP contribution < -0.4 is 0 Å². The van der Waals surface area contributed by atoms with Gasteiger partial charge in [-0.05, 0) is 24.6 Å². The first-order valence-corrected chi connectivity index (χ1v) is 4.00. The van der Waals surface area contributed by atoms with Crippen molar-refractivity contribution in [2.45, 2.75) is 6.92 Å². The summed E-state index contributed by atoms with van der Waals surface area (Å²) in [7, 11) is 3.29. The Morgan fingerprint density at radius 2 is 2.00 bits per heavy atom. The number of carbonyl (C=O) groups excluding carboxylic acids is 1. The molecule has 0 aliphatic rings. The molecular formula is C10H12FNO. The molecule has 0 aromatic heterocycles. The molecule has 0 unspecified atom stereocenters. The van der Waals surface area contributed by atoms with Crippen LogP contribution in [0.15, 0.2) is 18.2 Å². The fourth-order valence-electron chi connectivity index (χ4n) is 1.07. The molecule has 0 spiro atoms. The summed E-state index contributed by atoms with van der Waals surface area (Å²) in [6.07, 6.45) is 0. The normalized spacial score (nSPS) is 9.85. The summed E-state index contributed by atoms with van der Waals surface area (Å²) in [5.41, 5.74) is 1.21. The highest BCUT2D eigenvalue weighted by atomic mass is 19.1. The van der Waals surface area contributed by atoms with Crippen LogP contribution in [-0.4, -0.2) is 24.9 Å². The second kappa shape index (κ2) is 3.56. The Hall–Kier alpha value is -1.38. The average molecular weight is 181 g/mol. The minimum atomic E-state index is -0.379. The summed E-state index contributed by atoms with van der Waals surface area (Å²) in [6, 6.07) is 4.21. The molecule has 0 N–H and O–H groups in total. The van der Waals surface area contributed by atoms with E-state index in [2.05, 4.69) is 0 Å². The van der Waals surface area contributed by atoms with Crippen molar-refractivity contribution in [2.75, 3.05) is 14.1 Å². The average Bonchev–Trinajstić information content (AvgIpc) is 2.08. The number of carbonyl (C=O) groups is 1. The Kier molecular flexibility index (Phi) is 2.66. The van der Waals surface area contributed by atoms with E-state index in [4.69, 9.17) is 0 Å². The molecule has 0 heterocycles. The molecule has 13 heavy (non-hydrogen) atoms. The van der Waals surface area contributed by atoms with E-state index in [9.17, 15) is 9.18 Å². The molecule has 0 aliphatic carbocycles. The van der Waals surface area contributed by atoms with Gasteiger partial charge in [0.05, 0.1) is 0 Å². The molecule has 0 atom stereocenters. The molecule has 0 fully saturated rings. The van der Waals surface area contributed by atoms with Crippen molar-refractivity contribution < 1.29 is 9.18 Å². The van der Waals surface area contributed by atoms with E-state index >= 15 is 0 Å². The van der Waals surface area contributed by atoms with Gasteiger partial charge >= 0.3 is 0 Å². The molecule has 70 valence electrons. The van der Waals surface area contributed by atoms with Crippen LogP contribution in [-0.2, 0) is 0 Å². The summed E-state index contributed by atoms with van der Waals surface area (Å²) in [4.78, 5) is 12.9. The molecule has 3 heteroatoms. The number of hydrogen-bond acceptors (Lipinski definition) is 1. The van der Waals surface area contributed by atoms with Gasteiger partial charge in [0.1, 0.15) is 5.82 Å². The van der Waals surface area contributed by atoms with E-state index in [1.165, 1.54) is 17.0 Å². The lowest BCUT2D eigenvalue weighted by atomic mass is 10.1. The van der Waals surface area contributed by atoms with Crippen LogP contribution in [0.4, 0.5) is 4.39 Å². The SMILES string of the molecule is Cc1ccc(F)cc1C(=O)N(C)C. The van der Waals surface area contributed by atoms with Crippen LogP contribution in [0, 0.1) is 12.7 Å². The summed E-state index contributed by atoms with van der Waals surface area (Å²) in [5.74, 6) is -0.548. The molecule has 1 aromatic rings. The van der Waals surface area contributed by atoms with Crippen LogP contribution >= 0.6 is 0 Å². The number of rotatable bonds is 1. The van der Waals surface area contributed by atoms with Crippen LogP contribution in [0.1, 0.15) is 15.9 Å². The topological polar surface area (TPSA) is 20.3 Å². The molecule has 0 aliphatic heterocycles. The summed E-state index contributed by atoms with van der Waals surface area (Å²) in [5, 5.41) is 0. The molecule has 2 nitrogen and oxygen atoms in total. The third-order valence-corrected chi connectivity index (χ3v) is 1.84. The third kappa shape index (κ3) is 2.05. The third-order valence-electron chi connectivity index (χ3n) is 1.84. The quantitative estimate of drug-likeness (QED) is 0.647. The van der Waals surface area contributed by atoms with E-state index in [0.717, 1.165) is 5.56 Å². The lowest BCUT2D eigenvalue weighted by Gasteiger charge is -2.11. The van der Waals surface area contributed by atoms with Crippen molar-refractivity contribution in [2.24, 2.45) is 0 Å². The highest BCUT2D eigenvalue weighted by Crippen LogP contribution is 2.11. The number of halogens is 1. The highest BCUT2D eigenvalue weighted by molar-refractivity contribution is 5.95. The molecule has 0 bridgehead atoms. The maximum absolute atomic E-state index is 12.8. The zero-order valence-electron chi connectivity index (χ0n) is 7.97. The number of hydrogen-bond donors (Lipinski definition) is 0. The minimum absolute atomic E-state index is 0.169. The second-order valence-corrected chi connectivity index (χ2v) is 3.16. The molecule has 0 saturated carbocycles. The van der Waals surface area contributed by atoms with Crippen molar-refractivity contribution in [1.82, 2.24) is 4.90 Å². The van der Waals surface area contributed by atoms with E-state index in [-0.39, 0.29) is 11.7 Å². The molecule has 1 rings (SSSR count). The molecule has 1 amide bonds. The van der Waals surface area contributed by atoms with Crippen LogP contribution in [0.25, 0.3) is 0 Å². The van der Waals surface area contributed by atoms with E-state index in [1.54, 1.807) is 27.1 Å². The van der Waals surface area contributed by atoms with Gasteiger partial charge in [-0.15, -0.1) is 0 Å². The maximum Gasteiger partial charge on any atom is 0.253 e. The molecular weight excluding hydrogens is 169 g/mol. The van der Waals surface area contributed by atoms with Gasteiger partial charge in [-0.1, -0.05) is 6.07 Å². The van der Waals surface area contributed by atoms with Gasteiger partial charge < -0.3 is 4.90 Å². The standard InChI is InChI=1S/C10H12FNO/c1-7-4-5-8(11)6-9(7)10(13)12(2)3/h4-6H,1-3H3. The number of amides is 1. The van der Waals surface area contributed by atoms with Gasteiger partial charge in [0.15, 0.2) is 0 Å². The van der Waals surface area contributed by atoms with Gasteiger partial charge in [0.25, 0.3) is 5.91 Å². The maximum atomic E-state index is 12.8. The molecule has 1 aromatic carbocycles. The number of nitrogens with zero attached hydrogens (tertiary/aromatic N) is 1. The van der Waals surface area contributed by atoms with Gasteiger partial charge in [-0.25, -0.2) is 4.39 Å². The van der Waals surface area contributed by atoms with Gasteiger partial charge in [-0.2, -0.15) is 0 Å². The summed E-state index contributed by atoms with van der Waals surface area (Å²) in [6.45, 7) is 1.79. The van der Waals surface area contributed by atoms with Crippen LogP contribution in [0.5, 0.6) is 0 Å². The van der Waals surface area contributed by atoms with Crippen molar-refractivity contribution in [3.63, 3.8) is 0 Å². The van der Waals surface area contributed by atoms with E-state index in [0.29, 0.717) is 5.56 Å². The molecule has 0 radical (unpaired) electrons. The van der Waals surface area contributed by atoms with Crippen LogP contribution in [0.2, 0.25) is 0 Å². The Labute approximate surface area is 77.0 Å². The van der Waals surface area contributed by atoms with Crippen LogP contribution in [0.3, 0.4) is 0 Å². The van der Waals surface area contributed by atoms with E-state index < -0.39 is 0 Å². The van der Waals surface area contributed by atoms with Gasteiger partial charge in [0.2, 0.25) is 0 Å². The predicted octanol–water partition coefficient (Wildman–Crippen LogP) is 1.84. The first-order valence-electron chi connectivity index (χ1n) is 4.00. The zero-order valence-corrected chi connectivity index (χ0v) is 7.97. The monoisotopic (exact) mass is 181 g/mol. The Balaban J connectivity index is 3.13. The van der Waals surface area contributed by atoms with E-state index in [1.807, 2.05) is 0 Å². The van der Waals surface area contributed by atoms with Gasteiger partial charge in [-0.3, -0.25) is 4.79 Å². The fourth-order valence-corrected chi connectivity index (χ4v) is 1.07. The Morgan fingerprint density at radius 1 is 1.38 bits per heavy atom. The smallest absolute Gasteiger partial charge is 0.253 e. The Bertz CT molecular complexity index is 334. The minimum Gasteiger partial charge on any atom is -0.345 e. The molecule has 0 saturated heterocycles. The fraction of sp³-hybridized carbons (Fsp3) is 0.300.